The van der Waals surface area contributed by atoms with Gasteiger partial charge in [0.05, 0.1) is 0 Å². The van der Waals surface area contributed by atoms with E-state index in [1.165, 1.54) is 28.4 Å². The molecule has 0 saturated heterocycles. The Morgan fingerprint density at radius 2 is 1.33 bits per heavy atom. The van der Waals surface area contributed by atoms with Crippen molar-refractivity contribution < 1.29 is 0 Å². The van der Waals surface area contributed by atoms with Crippen molar-refractivity contribution >= 4 is 18.5 Å². The molecule has 30 heavy (non-hydrogen) atoms. The van der Waals surface area contributed by atoms with Gasteiger partial charge >= 0.3 is 0 Å². The van der Waals surface area contributed by atoms with Crippen LogP contribution in [0.3, 0.4) is 0 Å². The molecule has 2 aliphatic carbocycles. The fraction of sp³-hybridized carbons (Fsp3) is 0.214. The molecule has 2 aromatic rings. The van der Waals surface area contributed by atoms with Crippen LogP contribution in [0.2, 0.25) is 0 Å². The average Bonchev–Trinajstić information content (AvgIpc) is 3.46. The summed E-state index contributed by atoms with van der Waals surface area (Å²) < 4.78 is 0. The van der Waals surface area contributed by atoms with E-state index < -0.39 is 7.92 Å². The van der Waals surface area contributed by atoms with Crippen LogP contribution in [0.15, 0.2) is 60.7 Å². The van der Waals surface area contributed by atoms with Crippen LogP contribution in [0.25, 0.3) is 0 Å². The molecule has 2 heteroatoms. The van der Waals surface area contributed by atoms with Crippen molar-refractivity contribution in [2.75, 3.05) is 20.3 Å². The largest absolute Gasteiger partial charge is 0.306 e. The van der Waals surface area contributed by atoms with Crippen molar-refractivity contribution in [3.8, 4) is 0 Å². The summed E-state index contributed by atoms with van der Waals surface area (Å²) in [5.74, 6) is 4.42. The molecular weight excluding hydrogens is 381 g/mol. The second-order valence-electron chi connectivity index (χ2n) is 8.07. The Hall–Kier alpha value is -1.17. The lowest BCUT2D eigenvalue weighted by molar-refractivity contribution is 0.293. The Morgan fingerprint density at radius 1 is 0.733 bits per heavy atom. The zero-order chi connectivity index (χ0) is 20.8. The Labute approximate surface area is 186 Å². The van der Waals surface area contributed by atoms with E-state index in [1.807, 2.05) is 0 Å². The fourth-order valence-corrected chi connectivity index (χ4v) is 6.59. The highest BCUT2D eigenvalue weighted by Gasteiger charge is 2.38. The molecule has 1 atom stereocenters. The van der Waals surface area contributed by atoms with Gasteiger partial charge in [0.2, 0.25) is 0 Å². The lowest BCUT2D eigenvalue weighted by Gasteiger charge is -2.35. The third kappa shape index (κ3) is 5.54. The Morgan fingerprint density at radius 3 is 1.90 bits per heavy atom. The molecule has 0 amide bonds. The number of benzene rings is 2. The first-order chi connectivity index (χ1) is 14.7. The molecule has 152 valence electrons. The lowest BCUT2D eigenvalue weighted by atomic mass is 9.84. The minimum atomic E-state index is -0.426. The lowest BCUT2D eigenvalue weighted by Crippen LogP contribution is -2.37. The van der Waals surface area contributed by atoms with Crippen LogP contribution in [0.1, 0.15) is 12.8 Å². The molecule has 0 unspecified atom stereocenters. The van der Waals surface area contributed by atoms with Crippen LogP contribution in [-0.4, -0.2) is 31.2 Å². The zero-order valence-electron chi connectivity index (χ0n) is 17.9. The first-order valence-electron chi connectivity index (χ1n) is 10.7. The minimum Gasteiger partial charge on any atom is -0.306 e. The van der Waals surface area contributed by atoms with Crippen LogP contribution >= 0.6 is 7.92 Å². The Kier molecular flexibility index (Phi) is 8.02. The van der Waals surface area contributed by atoms with Crippen LogP contribution < -0.4 is 10.6 Å². The summed E-state index contributed by atoms with van der Waals surface area (Å²) >= 11 is 0. The first kappa shape index (κ1) is 22.0. The number of rotatable bonds is 9. The van der Waals surface area contributed by atoms with E-state index in [1.54, 1.807) is 0 Å². The SMILES string of the molecule is CN(C)[C@H](CC[C]1[CH][CH][CH][CH]1)[C]1[CH][CH][CH][C]1CP(c1ccccc1)c1ccccc1. The van der Waals surface area contributed by atoms with Crippen molar-refractivity contribution in [2.24, 2.45) is 0 Å². The molecule has 0 bridgehead atoms. The van der Waals surface area contributed by atoms with Crippen LogP contribution in [-0.2, 0) is 0 Å². The summed E-state index contributed by atoms with van der Waals surface area (Å²) in [4.78, 5) is 2.38. The summed E-state index contributed by atoms with van der Waals surface area (Å²) in [6.07, 6.45) is 19.0. The van der Waals surface area contributed by atoms with Crippen LogP contribution in [0, 0.1) is 62.7 Å². The van der Waals surface area contributed by atoms with Crippen molar-refractivity contribution in [3.05, 3.63) is 123 Å². The highest BCUT2D eigenvalue weighted by atomic mass is 31.1. The molecule has 2 saturated carbocycles. The van der Waals surface area contributed by atoms with Gasteiger partial charge in [0.25, 0.3) is 0 Å². The zero-order valence-corrected chi connectivity index (χ0v) is 18.8. The topological polar surface area (TPSA) is 3.24 Å². The predicted octanol–water partition coefficient (Wildman–Crippen LogP) is 5.01. The van der Waals surface area contributed by atoms with Crippen LogP contribution in [0.5, 0.6) is 0 Å². The second kappa shape index (κ2) is 10.9. The molecule has 2 aromatic carbocycles. The molecular formula is C28H30NP. The predicted molar refractivity (Wildman–Crippen MR) is 130 cm³/mol. The van der Waals surface area contributed by atoms with Gasteiger partial charge in [0, 0.05) is 12.0 Å². The van der Waals surface area contributed by atoms with Crippen molar-refractivity contribution in [2.45, 2.75) is 18.9 Å². The molecule has 2 aliphatic rings. The normalized spacial score (nSPS) is 19.9. The quantitative estimate of drug-likeness (QED) is 0.524. The Bertz CT molecular complexity index is 698. The molecule has 1 nitrogen and oxygen atoms in total. The third-order valence-electron chi connectivity index (χ3n) is 5.83. The van der Waals surface area contributed by atoms with Crippen LogP contribution in [0.4, 0.5) is 0 Å². The summed E-state index contributed by atoms with van der Waals surface area (Å²) in [5.41, 5.74) is 0. The maximum absolute atomic E-state index is 2.38. The summed E-state index contributed by atoms with van der Waals surface area (Å²) in [6.45, 7) is 0. The monoisotopic (exact) mass is 411 g/mol. The molecule has 0 spiro atoms. The van der Waals surface area contributed by atoms with Gasteiger partial charge in [-0.15, -0.1) is 0 Å². The van der Waals surface area contributed by atoms with Crippen molar-refractivity contribution in [1.29, 1.82) is 0 Å². The number of hydrogen-bond donors (Lipinski definition) is 0. The van der Waals surface area contributed by atoms with E-state index in [0.717, 1.165) is 19.0 Å². The van der Waals surface area contributed by atoms with Gasteiger partial charge in [-0.05, 0) is 108 Å². The summed E-state index contributed by atoms with van der Waals surface area (Å²) in [6, 6.07) is 22.5. The smallest absolute Gasteiger partial charge is 0.0161 e. The molecule has 0 N–H and O–H groups in total. The fourth-order valence-electron chi connectivity index (χ4n) is 4.23. The van der Waals surface area contributed by atoms with E-state index in [9.17, 15) is 0 Å². The molecule has 2 fully saturated rings. The molecule has 0 aromatic heterocycles. The van der Waals surface area contributed by atoms with Crippen molar-refractivity contribution in [1.82, 2.24) is 4.90 Å². The maximum atomic E-state index is 2.38. The Balaban J connectivity index is 1.50. The molecule has 0 heterocycles. The number of nitrogens with zero attached hydrogens (tertiary/aromatic N) is 1. The third-order valence-corrected chi connectivity index (χ3v) is 8.33. The van der Waals surface area contributed by atoms with Gasteiger partial charge in [-0.2, -0.15) is 0 Å². The molecule has 0 aliphatic heterocycles. The standard InChI is InChI=1S/C28H30NP/c1-29(2)28(21-20-23-12-9-10-13-23)27-19-11-14-24(27)22-30(25-15-5-3-6-16-25)26-17-7-4-8-18-26/h3-19,28H,20-22H2,1-2H3/t28-/m1/s1. The van der Waals surface area contributed by atoms with E-state index in [2.05, 4.69) is 125 Å². The van der Waals surface area contributed by atoms with E-state index in [-0.39, 0.29) is 0 Å². The van der Waals surface area contributed by atoms with Gasteiger partial charge in [-0.1, -0.05) is 60.7 Å². The maximum Gasteiger partial charge on any atom is 0.0161 e. The van der Waals surface area contributed by atoms with Crippen molar-refractivity contribution in [3.63, 3.8) is 0 Å². The van der Waals surface area contributed by atoms with E-state index in [4.69, 9.17) is 0 Å². The summed E-state index contributed by atoms with van der Waals surface area (Å²) in [7, 11) is 4.00. The average molecular weight is 412 g/mol. The highest BCUT2D eigenvalue weighted by Crippen LogP contribution is 2.47. The first-order valence-corrected chi connectivity index (χ1v) is 12.2. The van der Waals surface area contributed by atoms with Gasteiger partial charge in [0.1, 0.15) is 0 Å². The second-order valence-corrected chi connectivity index (χ2v) is 10.3. The molecule has 10 radical (unpaired) electrons. The summed E-state index contributed by atoms with van der Waals surface area (Å²) in [5, 5.41) is 2.90. The molecule has 4 rings (SSSR count). The minimum absolute atomic E-state index is 0.426. The van der Waals surface area contributed by atoms with E-state index in [0.29, 0.717) is 6.04 Å². The van der Waals surface area contributed by atoms with Gasteiger partial charge < -0.3 is 4.90 Å². The van der Waals surface area contributed by atoms with Gasteiger partial charge in [-0.25, -0.2) is 0 Å². The van der Waals surface area contributed by atoms with Gasteiger partial charge in [0.15, 0.2) is 0 Å². The highest BCUT2D eigenvalue weighted by molar-refractivity contribution is 7.73. The van der Waals surface area contributed by atoms with E-state index >= 15 is 0 Å². The number of hydrogen-bond acceptors (Lipinski definition) is 1. The van der Waals surface area contributed by atoms with Gasteiger partial charge in [-0.3, -0.25) is 0 Å².